The van der Waals surface area contributed by atoms with Gasteiger partial charge in [-0.3, -0.25) is 0 Å². The quantitative estimate of drug-likeness (QED) is 0.902. The summed E-state index contributed by atoms with van der Waals surface area (Å²) in [5.41, 5.74) is 1.85. The lowest BCUT2D eigenvalue weighted by Gasteiger charge is -2.15. The Morgan fingerprint density at radius 3 is 2.42 bits per heavy atom. The minimum atomic E-state index is -3.25. The van der Waals surface area contributed by atoms with E-state index in [1.54, 1.807) is 11.0 Å². The Kier molecular flexibility index (Phi) is 3.92. The molecule has 1 N–H and O–H groups in total. The molecular weight excluding hydrogens is 324 g/mol. The second-order valence-electron chi connectivity index (χ2n) is 6.89. The van der Waals surface area contributed by atoms with E-state index in [0.29, 0.717) is 11.8 Å². The maximum atomic E-state index is 12.7. The van der Waals surface area contributed by atoms with Gasteiger partial charge in [0.15, 0.2) is 0 Å². The van der Waals surface area contributed by atoms with Gasteiger partial charge in [0.2, 0.25) is 10.0 Å². The third kappa shape index (κ3) is 2.86. The van der Waals surface area contributed by atoms with E-state index in [4.69, 9.17) is 0 Å². The van der Waals surface area contributed by atoms with Crippen molar-refractivity contribution in [1.82, 2.24) is 19.5 Å². The van der Waals surface area contributed by atoms with Gasteiger partial charge in [0.05, 0.1) is 10.9 Å². The lowest BCUT2D eigenvalue weighted by Crippen LogP contribution is -2.31. The van der Waals surface area contributed by atoms with E-state index >= 15 is 0 Å². The van der Waals surface area contributed by atoms with Crippen LogP contribution in [0.15, 0.2) is 36.9 Å². The van der Waals surface area contributed by atoms with E-state index in [0.717, 1.165) is 24.1 Å². The summed E-state index contributed by atoms with van der Waals surface area (Å²) in [5.74, 6) is 0.774. The first-order chi connectivity index (χ1) is 11.6. The van der Waals surface area contributed by atoms with E-state index in [1.165, 1.54) is 19.2 Å². The summed E-state index contributed by atoms with van der Waals surface area (Å²) < 4.78 is 29.9. The molecule has 2 aliphatic carbocycles. The zero-order valence-corrected chi connectivity index (χ0v) is 14.5. The van der Waals surface area contributed by atoms with E-state index < -0.39 is 10.0 Å². The lowest BCUT2D eigenvalue weighted by molar-refractivity contribution is 0.480. The van der Waals surface area contributed by atoms with Gasteiger partial charge in [0.1, 0.15) is 12.7 Å². The number of sulfonamides is 1. The summed E-state index contributed by atoms with van der Waals surface area (Å²) in [6.07, 6.45) is 7.60. The fourth-order valence-electron chi connectivity index (χ4n) is 4.04. The number of nitrogens with zero attached hydrogens (tertiary/aromatic N) is 3. The van der Waals surface area contributed by atoms with Crippen LogP contribution in [-0.4, -0.2) is 28.4 Å². The smallest absolute Gasteiger partial charge is 0.215 e. The number of benzene rings is 1. The zero-order valence-electron chi connectivity index (χ0n) is 13.7. The summed E-state index contributed by atoms with van der Waals surface area (Å²) in [5, 5.41) is 3.92. The van der Waals surface area contributed by atoms with Gasteiger partial charge in [0, 0.05) is 6.04 Å². The van der Waals surface area contributed by atoms with Gasteiger partial charge in [-0.2, -0.15) is 5.10 Å². The van der Waals surface area contributed by atoms with Crippen molar-refractivity contribution in [2.75, 3.05) is 0 Å². The molecule has 2 saturated carbocycles. The topological polar surface area (TPSA) is 76.9 Å². The molecule has 0 saturated heterocycles. The first-order valence-electron chi connectivity index (χ1n) is 8.52. The molecule has 0 radical (unpaired) electrons. The second kappa shape index (κ2) is 5.97. The third-order valence-electron chi connectivity index (χ3n) is 5.35. The fraction of sp³-hybridized carbons (Fsp3) is 0.529. The van der Waals surface area contributed by atoms with Crippen LogP contribution in [0, 0.1) is 11.8 Å². The van der Waals surface area contributed by atoms with Crippen LogP contribution in [0.25, 0.3) is 5.69 Å². The van der Waals surface area contributed by atoms with Gasteiger partial charge < -0.3 is 0 Å². The van der Waals surface area contributed by atoms with Crippen LogP contribution >= 0.6 is 0 Å². The molecule has 0 aliphatic heterocycles. The van der Waals surface area contributed by atoms with Crippen LogP contribution in [0.3, 0.4) is 0 Å². The third-order valence-corrected chi connectivity index (χ3v) is 7.45. The van der Waals surface area contributed by atoms with Crippen LogP contribution in [0.1, 0.15) is 44.2 Å². The van der Waals surface area contributed by atoms with Crippen LogP contribution in [0.5, 0.6) is 0 Å². The molecule has 1 aromatic heterocycles. The molecule has 6 nitrogen and oxygen atoms in total. The van der Waals surface area contributed by atoms with Crippen LogP contribution in [0.2, 0.25) is 0 Å². The highest BCUT2D eigenvalue weighted by Crippen LogP contribution is 2.53. The molecule has 128 valence electrons. The van der Waals surface area contributed by atoms with Crippen LogP contribution in [-0.2, 0) is 10.0 Å². The molecule has 2 aromatic rings. The predicted octanol–water partition coefficient (Wildman–Crippen LogP) is 2.44. The highest BCUT2D eigenvalue weighted by atomic mass is 32.2. The Balaban J connectivity index is 1.45. The van der Waals surface area contributed by atoms with Gasteiger partial charge in [-0.15, -0.1) is 0 Å². The number of hydrogen-bond acceptors (Lipinski definition) is 4. The maximum Gasteiger partial charge on any atom is 0.215 e. The first kappa shape index (κ1) is 15.8. The molecule has 0 amide bonds. The molecule has 0 bridgehead atoms. The SMILES string of the molecule is CC(NS(=O)(=O)C1C2CCCCC21)c1ccc(-n2cncn2)cc1. The molecule has 3 atom stereocenters. The van der Waals surface area contributed by atoms with Gasteiger partial charge in [-0.05, 0) is 49.3 Å². The molecule has 24 heavy (non-hydrogen) atoms. The van der Waals surface area contributed by atoms with Crippen LogP contribution in [0.4, 0.5) is 0 Å². The molecule has 4 rings (SSSR count). The predicted molar refractivity (Wildman–Crippen MR) is 91.1 cm³/mol. The summed E-state index contributed by atoms with van der Waals surface area (Å²) in [6, 6.07) is 7.48. The van der Waals surface area contributed by atoms with Gasteiger partial charge in [0.25, 0.3) is 0 Å². The van der Waals surface area contributed by atoms with E-state index in [2.05, 4.69) is 14.8 Å². The molecule has 3 unspecified atom stereocenters. The van der Waals surface area contributed by atoms with E-state index in [-0.39, 0.29) is 11.3 Å². The molecule has 1 aromatic carbocycles. The van der Waals surface area contributed by atoms with Crippen molar-refractivity contribution < 1.29 is 8.42 Å². The van der Waals surface area contributed by atoms with Crippen molar-refractivity contribution in [3.8, 4) is 5.69 Å². The second-order valence-corrected chi connectivity index (χ2v) is 8.76. The molecule has 0 spiro atoms. The van der Waals surface area contributed by atoms with Crippen molar-refractivity contribution in [3.63, 3.8) is 0 Å². The Hall–Kier alpha value is -1.73. The normalized spacial score (nSPS) is 27.5. The monoisotopic (exact) mass is 346 g/mol. The minimum Gasteiger partial charge on any atom is -0.223 e. The number of nitrogens with one attached hydrogen (secondary N) is 1. The number of hydrogen-bond donors (Lipinski definition) is 1. The number of rotatable bonds is 5. The molecule has 1 heterocycles. The molecule has 2 fully saturated rings. The van der Waals surface area contributed by atoms with E-state index in [9.17, 15) is 8.42 Å². The summed E-state index contributed by atoms with van der Waals surface area (Å²) >= 11 is 0. The molecule has 2 aliphatic rings. The molecular formula is C17H22N4O2S. The average molecular weight is 346 g/mol. The minimum absolute atomic E-state index is 0.170. The Bertz CT molecular complexity index is 790. The summed E-state index contributed by atoms with van der Waals surface area (Å²) in [7, 11) is -3.25. The lowest BCUT2D eigenvalue weighted by atomic mass is 10.0. The van der Waals surface area contributed by atoms with Gasteiger partial charge in [-0.1, -0.05) is 25.0 Å². The van der Waals surface area contributed by atoms with Crippen molar-refractivity contribution in [2.45, 2.75) is 43.9 Å². The number of fused-ring (bicyclic) bond motifs is 1. The maximum absolute atomic E-state index is 12.7. The largest absolute Gasteiger partial charge is 0.223 e. The van der Waals surface area contributed by atoms with Gasteiger partial charge in [-0.25, -0.2) is 22.8 Å². The first-order valence-corrected chi connectivity index (χ1v) is 10.1. The summed E-state index contributed by atoms with van der Waals surface area (Å²) in [4.78, 5) is 3.93. The Labute approximate surface area is 142 Å². The average Bonchev–Trinajstić information content (AvgIpc) is 3.08. The van der Waals surface area contributed by atoms with Crippen molar-refractivity contribution >= 4 is 10.0 Å². The van der Waals surface area contributed by atoms with E-state index in [1.807, 2.05) is 31.2 Å². The highest BCUT2D eigenvalue weighted by Gasteiger charge is 2.58. The van der Waals surface area contributed by atoms with Crippen molar-refractivity contribution in [1.29, 1.82) is 0 Å². The number of aromatic nitrogens is 3. The Morgan fingerprint density at radius 2 is 1.83 bits per heavy atom. The standard InChI is InChI=1S/C17H22N4O2S/c1-12(13-6-8-14(9-7-13)21-11-18-10-19-21)20-24(22,23)17-15-4-2-3-5-16(15)17/h6-12,15-17,20H,2-5H2,1H3. The highest BCUT2D eigenvalue weighted by molar-refractivity contribution is 7.90. The van der Waals surface area contributed by atoms with Crippen molar-refractivity contribution in [2.24, 2.45) is 11.8 Å². The van der Waals surface area contributed by atoms with Gasteiger partial charge >= 0.3 is 0 Å². The molecule has 7 heteroatoms. The van der Waals surface area contributed by atoms with Crippen molar-refractivity contribution in [3.05, 3.63) is 42.5 Å². The zero-order chi connectivity index (χ0) is 16.7. The Morgan fingerprint density at radius 1 is 1.17 bits per heavy atom. The van der Waals surface area contributed by atoms with Crippen LogP contribution < -0.4 is 4.72 Å². The summed E-state index contributed by atoms with van der Waals surface area (Å²) in [6.45, 7) is 1.90. The fourth-order valence-corrected chi connectivity index (χ4v) is 6.33.